The first kappa shape index (κ1) is 53.9. The number of unbranched alkanes of at least 4 members (excludes halogenated alkanes) is 3. The van der Waals surface area contributed by atoms with Crippen LogP contribution in [0, 0.1) is 53.3 Å². The van der Waals surface area contributed by atoms with Crippen LogP contribution in [-0.2, 0) is 48.0 Å². The summed E-state index contributed by atoms with van der Waals surface area (Å²) in [6, 6.07) is 6.89. The predicted molar refractivity (Wildman–Crippen MR) is 286 cm³/mol. The van der Waals surface area contributed by atoms with Crippen LogP contribution in [0.1, 0.15) is 196 Å². The Morgan fingerprint density at radius 3 is 1.14 bits per heavy atom. The van der Waals surface area contributed by atoms with Crippen LogP contribution < -0.4 is 16.0 Å². The highest BCUT2D eigenvalue weighted by Crippen LogP contribution is 2.59. The maximum atomic E-state index is 13.4. The fourth-order valence-corrected chi connectivity index (χ4v) is 17.4. The van der Waals surface area contributed by atoms with E-state index in [0.29, 0.717) is 25.6 Å². The summed E-state index contributed by atoms with van der Waals surface area (Å²) in [5.74, 6) is 6.19. The van der Waals surface area contributed by atoms with Gasteiger partial charge < -0.3 is 30.7 Å². The molecule has 10 bridgehead atoms. The van der Waals surface area contributed by atoms with Gasteiger partial charge in [0, 0.05) is 58.4 Å². The second-order valence-electron chi connectivity index (χ2n) is 26.1. The van der Waals surface area contributed by atoms with Crippen LogP contribution in [-0.4, -0.2) is 109 Å². The highest BCUT2D eigenvalue weighted by atomic mass is 16.2. The number of carbonyl (C=O) groups is 6. The van der Waals surface area contributed by atoms with E-state index in [-0.39, 0.29) is 65.8 Å². The lowest BCUT2D eigenvalue weighted by Crippen LogP contribution is -2.60. The molecule has 12 nitrogen and oxygen atoms in total. The molecule has 11 rings (SSSR count). The first-order chi connectivity index (χ1) is 35.2. The topological polar surface area (TPSA) is 148 Å². The Labute approximate surface area is 438 Å². The van der Waals surface area contributed by atoms with Gasteiger partial charge in [0.1, 0.15) is 19.3 Å². The number of benzene rings is 1. The number of fused-ring (bicyclic) bond motifs is 2. The molecule has 0 aliphatic heterocycles. The van der Waals surface area contributed by atoms with Gasteiger partial charge in [-0.15, -0.1) is 0 Å². The van der Waals surface area contributed by atoms with Gasteiger partial charge >= 0.3 is 0 Å². The maximum absolute atomic E-state index is 13.4. The molecule has 10 aliphatic carbocycles. The second kappa shape index (κ2) is 24.4. The average molecular weight is 1010 g/mol. The van der Waals surface area contributed by atoms with Gasteiger partial charge in [0.25, 0.3) is 0 Å². The Hall–Kier alpha value is -3.96. The van der Waals surface area contributed by atoms with Crippen LogP contribution >= 0.6 is 0 Å². The molecule has 0 aromatic heterocycles. The van der Waals surface area contributed by atoms with Crippen LogP contribution in [0.15, 0.2) is 18.2 Å². The summed E-state index contributed by atoms with van der Waals surface area (Å²) >= 11 is 0. The zero-order valence-corrected chi connectivity index (χ0v) is 45.5. The van der Waals surface area contributed by atoms with Crippen LogP contribution in [0.3, 0.4) is 0 Å². The van der Waals surface area contributed by atoms with E-state index in [4.69, 9.17) is 0 Å². The summed E-state index contributed by atoms with van der Waals surface area (Å²) in [6.07, 6.45) is 31.3. The van der Waals surface area contributed by atoms with Crippen molar-refractivity contribution >= 4 is 35.4 Å². The molecule has 6 amide bonds. The lowest BCUT2D eigenvalue weighted by atomic mass is 9.52. The number of nitrogens with zero attached hydrogens (tertiary/aromatic N) is 3. The molecule has 2 atom stereocenters. The van der Waals surface area contributed by atoms with E-state index in [0.717, 1.165) is 157 Å². The van der Waals surface area contributed by atoms with E-state index in [9.17, 15) is 28.8 Å². The Balaban J connectivity index is 0.693. The predicted octanol–water partition coefficient (Wildman–Crippen LogP) is 9.09. The molecule has 404 valence electrons. The smallest absolute Gasteiger partial charge is 0.232 e. The normalized spacial score (nSPS) is 31.2. The van der Waals surface area contributed by atoms with Crippen molar-refractivity contribution in [2.24, 2.45) is 53.3 Å². The van der Waals surface area contributed by atoms with Crippen LogP contribution in [0.25, 0.3) is 0 Å². The van der Waals surface area contributed by atoms with E-state index in [1.165, 1.54) is 93.7 Å². The minimum absolute atomic E-state index is 0.0387. The summed E-state index contributed by atoms with van der Waals surface area (Å²) in [7, 11) is 5.73. The van der Waals surface area contributed by atoms with Crippen molar-refractivity contribution in [2.75, 3.05) is 47.3 Å². The second-order valence-corrected chi connectivity index (χ2v) is 26.1. The minimum atomic E-state index is -0.200. The van der Waals surface area contributed by atoms with Crippen LogP contribution in [0.2, 0.25) is 0 Å². The van der Waals surface area contributed by atoms with Gasteiger partial charge in [-0.2, -0.15) is 0 Å². The number of amides is 6. The highest BCUT2D eigenvalue weighted by Gasteiger charge is 2.55. The molecule has 73 heavy (non-hydrogen) atoms. The number of nitrogens with one attached hydrogen (secondary N) is 3. The number of hydrogen-bond acceptors (Lipinski definition) is 6. The SMILES string of the molecule is CN(CCC1CC2CCCC(C2)C1)C(=O)CC(=O)NCCCCc1cc(CCCCNC(=O)CC(=O)N(C)C23CC4CC(CC(C4)C2)C3)cc(CCCCNC(=O)CC(=O)N(C)C23CC4CC(CC(C4)C2)C3)c1. The van der Waals surface area contributed by atoms with Gasteiger partial charge in [-0.25, -0.2) is 0 Å². The molecule has 0 radical (unpaired) electrons. The molecule has 12 heteroatoms. The zero-order chi connectivity index (χ0) is 51.1. The van der Waals surface area contributed by atoms with Gasteiger partial charge in [-0.3, -0.25) is 28.8 Å². The quantitative estimate of drug-likeness (QED) is 0.0624. The number of rotatable bonds is 26. The van der Waals surface area contributed by atoms with Gasteiger partial charge in [0.05, 0.1) is 0 Å². The Morgan fingerprint density at radius 2 is 0.781 bits per heavy atom. The number of carbonyl (C=O) groups excluding carboxylic acids is 6. The first-order valence-corrected chi connectivity index (χ1v) is 29.9. The summed E-state index contributed by atoms with van der Waals surface area (Å²) in [5, 5.41) is 9.08. The third-order valence-electron chi connectivity index (χ3n) is 20.4. The number of hydrogen-bond donors (Lipinski definition) is 3. The van der Waals surface area contributed by atoms with Gasteiger partial charge in [-0.05, 0) is 230 Å². The molecule has 1 aromatic rings. The molecule has 10 fully saturated rings. The van der Waals surface area contributed by atoms with Crippen molar-refractivity contribution in [1.82, 2.24) is 30.7 Å². The molecular formula is C61H94N6O6. The molecule has 3 N–H and O–H groups in total. The fraction of sp³-hybridized carbons (Fsp3) is 0.803. The van der Waals surface area contributed by atoms with Crippen molar-refractivity contribution in [3.8, 4) is 0 Å². The molecule has 2 unspecified atom stereocenters. The van der Waals surface area contributed by atoms with Crippen LogP contribution in [0.4, 0.5) is 0 Å². The average Bonchev–Trinajstić information content (AvgIpc) is 3.33. The minimum Gasteiger partial charge on any atom is -0.356 e. The van der Waals surface area contributed by atoms with E-state index in [1.54, 1.807) is 4.90 Å². The third-order valence-corrected chi connectivity index (χ3v) is 20.4. The Morgan fingerprint density at radius 1 is 0.452 bits per heavy atom. The fourth-order valence-electron chi connectivity index (χ4n) is 17.4. The monoisotopic (exact) mass is 1010 g/mol. The van der Waals surface area contributed by atoms with Crippen molar-refractivity contribution < 1.29 is 28.8 Å². The molecule has 0 saturated heterocycles. The largest absolute Gasteiger partial charge is 0.356 e. The van der Waals surface area contributed by atoms with Gasteiger partial charge in [0.2, 0.25) is 35.4 Å². The van der Waals surface area contributed by atoms with E-state index in [2.05, 4.69) is 34.1 Å². The van der Waals surface area contributed by atoms with Crippen LogP contribution in [0.5, 0.6) is 0 Å². The first-order valence-electron chi connectivity index (χ1n) is 29.9. The van der Waals surface area contributed by atoms with Crippen molar-refractivity contribution in [1.29, 1.82) is 0 Å². The third kappa shape index (κ3) is 14.1. The summed E-state index contributed by atoms with van der Waals surface area (Å²) in [6.45, 7) is 2.36. The van der Waals surface area contributed by atoms with E-state index >= 15 is 0 Å². The summed E-state index contributed by atoms with van der Waals surface area (Å²) in [5.41, 5.74) is 3.72. The molecule has 10 saturated carbocycles. The van der Waals surface area contributed by atoms with Gasteiger partial charge in [0.15, 0.2) is 0 Å². The summed E-state index contributed by atoms with van der Waals surface area (Å²) in [4.78, 5) is 84.2. The van der Waals surface area contributed by atoms with Gasteiger partial charge in [-0.1, -0.05) is 37.5 Å². The summed E-state index contributed by atoms with van der Waals surface area (Å²) < 4.78 is 0. The van der Waals surface area contributed by atoms with Crippen molar-refractivity contribution in [3.63, 3.8) is 0 Å². The molecule has 1 aromatic carbocycles. The maximum Gasteiger partial charge on any atom is 0.232 e. The standard InChI is InChI=1S/C61H94N6O6/c1-65(20-16-47-25-45-14-10-15-46(24-45)26-47)57(71)33-54(68)62-17-7-4-11-42-21-43(12-5-8-18-63-55(69)34-58(72)66(2)60-36-48-27-49(37-60)29-50(28-48)38-60)23-44(22-42)13-6-9-19-64-56(70)35-59(73)67(3)61-39-51-30-52(40-61)32-53(31-51)41-61/h21-23,45-53H,4-20,24-41H2,1-3H3,(H,62,68)(H,63,69)(H,64,70). The lowest BCUT2D eigenvalue weighted by molar-refractivity contribution is -0.150. The molecule has 10 aliphatic rings. The van der Waals surface area contributed by atoms with Crippen molar-refractivity contribution in [3.05, 3.63) is 34.9 Å². The Kier molecular flexibility index (Phi) is 18.0. The van der Waals surface area contributed by atoms with E-state index in [1.807, 2.05) is 30.9 Å². The highest BCUT2D eigenvalue weighted by molar-refractivity contribution is 5.98. The molecule has 0 heterocycles. The number of aryl methyl sites for hydroxylation is 3. The Bertz CT molecular complexity index is 1930. The molecular weight excluding hydrogens is 913 g/mol. The van der Waals surface area contributed by atoms with Crippen molar-refractivity contribution in [2.45, 2.75) is 210 Å². The zero-order valence-electron chi connectivity index (χ0n) is 45.5. The lowest BCUT2D eigenvalue weighted by Gasteiger charge is -2.59. The molecule has 0 spiro atoms. The van der Waals surface area contributed by atoms with E-state index < -0.39 is 0 Å².